The molecule has 1 amide bonds. The van der Waals surface area contributed by atoms with Gasteiger partial charge in [-0.3, -0.25) is 4.79 Å². The third kappa shape index (κ3) is 3.87. The predicted molar refractivity (Wildman–Crippen MR) is 90.4 cm³/mol. The molecule has 130 valence electrons. The van der Waals surface area contributed by atoms with E-state index in [1.54, 1.807) is 13.3 Å². The van der Waals surface area contributed by atoms with E-state index in [0.29, 0.717) is 18.8 Å². The summed E-state index contributed by atoms with van der Waals surface area (Å²) in [6.07, 6.45) is 2.30. The molecule has 1 N–H and O–H groups in total. The van der Waals surface area contributed by atoms with Crippen molar-refractivity contribution in [2.24, 2.45) is 0 Å². The van der Waals surface area contributed by atoms with Crippen molar-refractivity contribution < 1.29 is 4.79 Å². The van der Waals surface area contributed by atoms with Crippen LogP contribution in [0, 0.1) is 0 Å². The Morgan fingerprint density at radius 2 is 2.04 bits per heavy atom. The maximum atomic E-state index is 12.3. The van der Waals surface area contributed by atoms with Crippen LogP contribution in [0.2, 0.25) is 0 Å². The van der Waals surface area contributed by atoms with Crippen LogP contribution in [0.15, 0.2) is 36.7 Å². The number of amides is 1. The van der Waals surface area contributed by atoms with Gasteiger partial charge in [-0.15, -0.1) is 20.4 Å². The van der Waals surface area contributed by atoms with E-state index in [4.69, 9.17) is 0 Å². The summed E-state index contributed by atoms with van der Waals surface area (Å²) in [7, 11) is 0. The summed E-state index contributed by atoms with van der Waals surface area (Å²) in [6.45, 7) is 5.04. The van der Waals surface area contributed by atoms with Gasteiger partial charge >= 0.3 is 0 Å². The Hall–Kier alpha value is -3.10. The minimum atomic E-state index is -0.547. The molecule has 1 aromatic carbocycles. The molecule has 0 aliphatic heterocycles. The zero-order chi connectivity index (χ0) is 17.6. The highest BCUT2D eigenvalue weighted by Gasteiger charge is 2.18. The number of aryl methyl sites for hydroxylation is 1. The van der Waals surface area contributed by atoms with Crippen LogP contribution in [-0.4, -0.2) is 47.4 Å². The van der Waals surface area contributed by atoms with Crippen LogP contribution in [0.25, 0.3) is 11.4 Å². The highest BCUT2D eigenvalue weighted by atomic mass is 16.2. The van der Waals surface area contributed by atoms with Crippen molar-refractivity contribution in [3.63, 3.8) is 0 Å². The number of nitrogens with zero attached hydrogens (tertiary/aromatic N) is 7. The first kappa shape index (κ1) is 16.7. The Kier molecular flexibility index (Phi) is 5.12. The second-order valence-corrected chi connectivity index (χ2v) is 5.55. The zero-order valence-electron chi connectivity index (χ0n) is 14.2. The fraction of sp³-hybridized carbons (Fsp3) is 0.375. The standard InChI is InChI=1S/C16H20N8O/c1-3-23-11-18-19-14(23)9-10-17-16(25)12(2)24-21-15(20-22-24)13-7-5-4-6-8-13/h4-8,11-12H,3,9-10H2,1-2H3,(H,17,25)/t12-/m1/s1. The van der Waals surface area contributed by atoms with Crippen molar-refractivity contribution >= 4 is 5.91 Å². The molecular weight excluding hydrogens is 320 g/mol. The summed E-state index contributed by atoms with van der Waals surface area (Å²) < 4.78 is 1.95. The van der Waals surface area contributed by atoms with Crippen LogP contribution < -0.4 is 5.32 Å². The van der Waals surface area contributed by atoms with Crippen LogP contribution >= 0.6 is 0 Å². The topological polar surface area (TPSA) is 103 Å². The second-order valence-electron chi connectivity index (χ2n) is 5.55. The van der Waals surface area contributed by atoms with Crippen LogP contribution in [0.1, 0.15) is 25.7 Å². The summed E-state index contributed by atoms with van der Waals surface area (Å²) in [6, 6.07) is 8.98. The first-order valence-corrected chi connectivity index (χ1v) is 8.18. The molecule has 3 aromatic rings. The summed E-state index contributed by atoms with van der Waals surface area (Å²) in [4.78, 5) is 13.6. The van der Waals surface area contributed by atoms with Gasteiger partial charge in [-0.2, -0.15) is 4.80 Å². The summed E-state index contributed by atoms with van der Waals surface area (Å²) in [5, 5.41) is 23.1. The first-order valence-electron chi connectivity index (χ1n) is 8.18. The van der Waals surface area contributed by atoms with E-state index in [0.717, 1.165) is 17.9 Å². The minimum Gasteiger partial charge on any atom is -0.354 e. The van der Waals surface area contributed by atoms with Gasteiger partial charge in [0.05, 0.1) is 0 Å². The smallest absolute Gasteiger partial charge is 0.246 e. The van der Waals surface area contributed by atoms with Gasteiger partial charge in [0.2, 0.25) is 11.7 Å². The quantitative estimate of drug-likeness (QED) is 0.684. The van der Waals surface area contributed by atoms with Gasteiger partial charge in [0.1, 0.15) is 18.2 Å². The number of rotatable bonds is 7. The molecule has 0 spiro atoms. The number of hydrogen-bond donors (Lipinski definition) is 1. The lowest BCUT2D eigenvalue weighted by atomic mass is 10.2. The van der Waals surface area contributed by atoms with Gasteiger partial charge in [0, 0.05) is 25.1 Å². The second kappa shape index (κ2) is 7.65. The molecule has 9 heteroatoms. The average Bonchev–Trinajstić information content (AvgIpc) is 3.31. The van der Waals surface area contributed by atoms with Gasteiger partial charge < -0.3 is 9.88 Å². The average molecular weight is 340 g/mol. The SMILES string of the molecule is CCn1cnnc1CCNC(=O)[C@@H](C)n1nnc(-c2ccccc2)n1. The third-order valence-electron chi connectivity index (χ3n) is 3.87. The molecule has 2 heterocycles. The number of aromatic nitrogens is 7. The van der Waals surface area contributed by atoms with Crippen molar-refractivity contribution in [3.05, 3.63) is 42.5 Å². The van der Waals surface area contributed by atoms with Gasteiger partial charge in [-0.25, -0.2) is 0 Å². The molecule has 0 radical (unpaired) electrons. The number of carbonyl (C=O) groups excluding carboxylic acids is 1. The summed E-state index contributed by atoms with van der Waals surface area (Å²) in [5.74, 6) is 1.18. The first-order chi connectivity index (χ1) is 12.2. The molecule has 9 nitrogen and oxygen atoms in total. The van der Waals surface area contributed by atoms with Crippen molar-refractivity contribution in [2.45, 2.75) is 32.9 Å². The number of tetrazole rings is 1. The molecule has 0 saturated carbocycles. The van der Waals surface area contributed by atoms with E-state index >= 15 is 0 Å². The van der Waals surface area contributed by atoms with E-state index in [-0.39, 0.29) is 5.91 Å². The van der Waals surface area contributed by atoms with Crippen molar-refractivity contribution in [1.29, 1.82) is 0 Å². The Labute approximate surface area is 145 Å². The Balaban J connectivity index is 1.56. The van der Waals surface area contributed by atoms with Gasteiger partial charge in [0.25, 0.3) is 0 Å². The summed E-state index contributed by atoms with van der Waals surface area (Å²) >= 11 is 0. The molecule has 2 aromatic heterocycles. The Morgan fingerprint density at radius 3 is 2.80 bits per heavy atom. The van der Waals surface area contributed by atoms with Crippen LogP contribution in [-0.2, 0) is 17.8 Å². The number of nitrogens with one attached hydrogen (secondary N) is 1. The van der Waals surface area contributed by atoms with Gasteiger partial charge in [-0.1, -0.05) is 30.3 Å². The fourth-order valence-electron chi connectivity index (χ4n) is 2.38. The maximum Gasteiger partial charge on any atom is 0.246 e. The molecule has 0 fully saturated rings. The molecule has 0 unspecified atom stereocenters. The van der Waals surface area contributed by atoms with E-state index in [1.165, 1.54) is 4.80 Å². The molecular formula is C16H20N8O. The fourth-order valence-corrected chi connectivity index (χ4v) is 2.38. The number of benzene rings is 1. The minimum absolute atomic E-state index is 0.167. The van der Waals surface area contributed by atoms with E-state index in [9.17, 15) is 4.79 Å². The van der Waals surface area contributed by atoms with Crippen LogP contribution in [0.5, 0.6) is 0 Å². The van der Waals surface area contributed by atoms with Gasteiger partial charge in [-0.05, 0) is 19.1 Å². The van der Waals surface area contributed by atoms with E-state index < -0.39 is 6.04 Å². The van der Waals surface area contributed by atoms with Crippen LogP contribution in [0.4, 0.5) is 0 Å². The van der Waals surface area contributed by atoms with E-state index in [1.807, 2.05) is 41.8 Å². The maximum absolute atomic E-state index is 12.3. The van der Waals surface area contributed by atoms with Crippen LogP contribution in [0.3, 0.4) is 0 Å². The predicted octanol–water partition coefficient (Wildman–Crippen LogP) is 0.871. The van der Waals surface area contributed by atoms with Crippen molar-refractivity contribution in [1.82, 2.24) is 40.3 Å². The zero-order valence-corrected chi connectivity index (χ0v) is 14.2. The Morgan fingerprint density at radius 1 is 1.24 bits per heavy atom. The largest absolute Gasteiger partial charge is 0.354 e. The lowest BCUT2D eigenvalue weighted by molar-refractivity contribution is -0.124. The molecule has 0 bridgehead atoms. The summed E-state index contributed by atoms with van der Waals surface area (Å²) in [5.41, 5.74) is 0.861. The van der Waals surface area contributed by atoms with Crippen molar-refractivity contribution in [2.75, 3.05) is 6.54 Å². The lowest BCUT2D eigenvalue weighted by Crippen LogP contribution is -2.33. The highest BCUT2D eigenvalue weighted by molar-refractivity contribution is 5.79. The molecule has 0 aliphatic carbocycles. The van der Waals surface area contributed by atoms with Gasteiger partial charge in [0.15, 0.2) is 0 Å². The normalized spacial score (nSPS) is 12.1. The lowest BCUT2D eigenvalue weighted by Gasteiger charge is -2.10. The van der Waals surface area contributed by atoms with E-state index in [2.05, 4.69) is 30.9 Å². The highest BCUT2D eigenvalue weighted by Crippen LogP contribution is 2.13. The number of carbonyl (C=O) groups is 1. The molecule has 0 saturated heterocycles. The van der Waals surface area contributed by atoms with Crippen molar-refractivity contribution in [3.8, 4) is 11.4 Å². The monoisotopic (exact) mass is 340 g/mol. The molecule has 0 aliphatic rings. The Bertz CT molecular complexity index is 826. The molecule has 1 atom stereocenters. The third-order valence-corrected chi connectivity index (χ3v) is 3.87. The number of hydrogen-bond acceptors (Lipinski definition) is 6. The molecule has 3 rings (SSSR count). The molecule has 25 heavy (non-hydrogen) atoms.